The first kappa shape index (κ1) is 19.7. The van der Waals surface area contributed by atoms with Crippen LogP contribution in [0.2, 0.25) is 0 Å². The van der Waals surface area contributed by atoms with E-state index in [1.54, 1.807) is 18.9 Å². The van der Waals surface area contributed by atoms with Crippen molar-refractivity contribution in [1.29, 1.82) is 5.26 Å². The molecule has 0 saturated heterocycles. The minimum atomic E-state index is 0.658. The van der Waals surface area contributed by atoms with Crippen molar-refractivity contribution in [2.45, 2.75) is 17.8 Å². The highest BCUT2D eigenvalue weighted by Crippen LogP contribution is 2.34. The monoisotopic (exact) mass is 412 g/mol. The maximum Gasteiger partial charge on any atom is 0.196 e. The van der Waals surface area contributed by atoms with Crippen LogP contribution in [0, 0.1) is 18.3 Å². The lowest BCUT2D eigenvalue weighted by Crippen LogP contribution is -2.02. The van der Waals surface area contributed by atoms with E-state index in [1.807, 2.05) is 60.7 Å². The summed E-state index contributed by atoms with van der Waals surface area (Å²) in [6.07, 6.45) is 0. The molecule has 0 atom stereocenters. The van der Waals surface area contributed by atoms with Gasteiger partial charge < -0.3 is 4.74 Å². The van der Waals surface area contributed by atoms with Gasteiger partial charge in [0.2, 0.25) is 0 Å². The molecule has 0 aliphatic rings. The zero-order valence-electron chi connectivity index (χ0n) is 16.7. The van der Waals surface area contributed by atoms with Gasteiger partial charge in [0.1, 0.15) is 5.75 Å². The van der Waals surface area contributed by atoms with E-state index in [0.717, 1.165) is 44.9 Å². The Kier molecular flexibility index (Phi) is 5.82. The average molecular weight is 413 g/mol. The number of aromatic nitrogens is 3. The van der Waals surface area contributed by atoms with Crippen LogP contribution in [-0.4, -0.2) is 21.9 Å². The molecule has 0 bridgehead atoms. The minimum Gasteiger partial charge on any atom is -0.496 e. The van der Waals surface area contributed by atoms with Crippen molar-refractivity contribution in [2.75, 3.05) is 7.11 Å². The van der Waals surface area contributed by atoms with Gasteiger partial charge >= 0.3 is 0 Å². The van der Waals surface area contributed by atoms with Crippen molar-refractivity contribution in [3.05, 3.63) is 89.5 Å². The molecule has 0 radical (unpaired) electrons. The molecule has 5 nitrogen and oxygen atoms in total. The number of benzene rings is 3. The first-order valence-corrected chi connectivity index (χ1v) is 10.5. The zero-order chi connectivity index (χ0) is 20.9. The Balaban J connectivity index is 1.76. The Morgan fingerprint density at radius 3 is 2.43 bits per heavy atom. The zero-order valence-corrected chi connectivity index (χ0v) is 17.6. The second-order valence-corrected chi connectivity index (χ2v) is 7.67. The number of nitriles is 1. The molecule has 0 unspecified atom stereocenters. The number of methoxy groups -OCH3 is 1. The molecule has 4 aromatic rings. The second kappa shape index (κ2) is 8.85. The fourth-order valence-electron chi connectivity index (χ4n) is 3.22. The molecule has 4 rings (SSSR count). The van der Waals surface area contributed by atoms with Crippen molar-refractivity contribution >= 4 is 11.8 Å². The third-order valence-corrected chi connectivity index (χ3v) is 5.79. The van der Waals surface area contributed by atoms with Gasteiger partial charge in [-0.1, -0.05) is 54.2 Å². The van der Waals surface area contributed by atoms with Gasteiger partial charge in [-0.25, -0.2) is 0 Å². The van der Waals surface area contributed by atoms with Crippen LogP contribution in [0.5, 0.6) is 5.75 Å². The van der Waals surface area contributed by atoms with E-state index in [1.165, 1.54) is 0 Å². The van der Waals surface area contributed by atoms with E-state index in [4.69, 9.17) is 10.00 Å². The molecule has 0 aliphatic carbocycles. The standard InChI is InChI=1S/C24H20N4OS/c1-17-7-3-5-9-21(17)28-23(20-8-4-6-10-22(20)29-2)26-27-24(28)30-16-19-13-11-18(15-25)12-14-19/h3-14H,16H2,1-2H3. The molecule has 0 spiro atoms. The minimum absolute atomic E-state index is 0.658. The SMILES string of the molecule is COc1ccccc1-c1nnc(SCc2ccc(C#N)cc2)n1-c1ccccc1C. The van der Waals surface area contributed by atoms with Crippen LogP contribution in [0.1, 0.15) is 16.7 Å². The largest absolute Gasteiger partial charge is 0.496 e. The van der Waals surface area contributed by atoms with E-state index < -0.39 is 0 Å². The Bertz CT molecular complexity index is 1210. The number of nitrogens with zero attached hydrogens (tertiary/aromatic N) is 4. The molecule has 0 saturated carbocycles. The Labute approximate surface area is 180 Å². The predicted octanol–water partition coefficient (Wildman–Crippen LogP) is 5.42. The maximum atomic E-state index is 8.99. The highest BCUT2D eigenvalue weighted by molar-refractivity contribution is 7.98. The lowest BCUT2D eigenvalue weighted by molar-refractivity contribution is 0.416. The van der Waals surface area contributed by atoms with Gasteiger partial charge in [0.15, 0.2) is 11.0 Å². The fourth-order valence-corrected chi connectivity index (χ4v) is 4.12. The van der Waals surface area contributed by atoms with Crippen molar-refractivity contribution in [3.63, 3.8) is 0 Å². The molecule has 148 valence electrons. The number of hydrogen-bond donors (Lipinski definition) is 0. The molecule has 1 aromatic heterocycles. The van der Waals surface area contributed by atoms with E-state index in [2.05, 4.69) is 39.9 Å². The number of rotatable bonds is 6. The van der Waals surface area contributed by atoms with Gasteiger partial charge in [-0.05, 0) is 48.4 Å². The summed E-state index contributed by atoms with van der Waals surface area (Å²) in [5.41, 5.74) is 4.84. The van der Waals surface area contributed by atoms with Gasteiger partial charge in [0.25, 0.3) is 0 Å². The van der Waals surface area contributed by atoms with Gasteiger partial charge in [-0.3, -0.25) is 4.57 Å². The lowest BCUT2D eigenvalue weighted by Gasteiger charge is -2.14. The molecular formula is C24H20N4OS. The Hall–Kier alpha value is -3.56. The summed E-state index contributed by atoms with van der Waals surface area (Å²) in [4.78, 5) is 0. The van der Waals surface area contributed by atoms with Crippen molar-refractivity contribution in [3.8, 4) is 28.9 Å². The lowest BCUT2D eigenvalue weighted by atomic mass is 10.1. The molecule has 0 fully saturated rings. The van der Waals surface area contributed by atoms with Crippen LogP contribution in [-0.2, 0) is 5.75 Å². The topological polar surface area (TPSA) is 63.7 Å². The van der Waals surface area contributed by atoms with E-state index in [-0.39, 0.29) is 0 Å². The number of aryl methyl sites for hydroxylation is 1. The fraction of sp³-hybridized carbons (Fsp3) is 0.125. The van der Waals surface area contributed by atoms with Crippen LogP contribution in [0.25, 0.3) is 17.1 Å². The number of para-hydroxylation sites is 2. The molecule has 30 heavy (non-hydrogen) atoms. The molecule has 1 heterocycles. The smallest absolute Gasteiger partial charge is 0.196 e. The van der Waals surface area contributed by atoms with Crippen LogP contribution >= 0.6 is 11.8 Å². The molecule has 6 heteroatoms. The third kappa shape index (κ3) is 3.93. The van der Waals surface area contributed by atoms with Crippen molar-refractivity contribution in [2.24, 2.45) is 0 Å². The van der Waals surface area contributed by atoms with E-state index in [0.29, 0.717) is 5.56 Å². The maximum absolute atomic E-state index is 8.99. The molecule has 0 amide bonds. The molecule has 0 aliphatic heterocycles. The van der Waals surface area contributed by atoms with Crippen molar-refractivity contribution < 1.29 is 4.74 Å². The highest BCUT2D eigenvalue weighted by Gasteiger charge is 2.19. The summed E-state index contributed by atoms with van der Waals surface area (Å²) < 4.78 is 7.65. The average Bonchev–Trinajstić information content (AvgIpc) is 3.21. The summed E-state index contributed by atoms with van der Waals surface area (Å²) in [5.74, 6) is 2.22. The quantitative estimate of drug-likeness (QED) is 0.396. The second-order valence-electron chi connectivity index (χ2n) is 6.73. The number of thioether (sulfide) groups is 1. The van der Waals surface area contributed by atoms with Crippen LogP contribution < -0.4 is 4.74 Å². The Morgan fingerprint density at radius 2 is 1.70 bits per heavy atom. The summed E-state index contributed by atoms with van der Waals surface area (Å²) in [6, 6.07) is 25.8. The first-order chi connectivity index (χ1) is 14.7. The highest BCUT2D eigenvalue weighted by atomic mass is 32.2. The predicted molar refractivity (Wildman–Crippen MR) is 119 cm³/mol. The summed E-state index contributed by atoms with van der Waals surface area (Å²) >= 11 is 1.61. The summed E-state index contributed by atoms with van der Waals surface area (Å²) in [5, 5.41) is 18.8. The van der Waals surface area contributed by atoms with Gasteiger partial charge in [-0.2, -0.15) is 5.26 Å². The molecule has 0 N–H and O–H groups in total. The van der Waals surface area contributed by atoms with Gasteiger partial charge in [0.05, 0.1) is 30.0 Å². The van der Waals surface area contributed by atoms with Gasteiger partial charge in [-0.15, -0.1) is 10.2 Å². The van der Waals surface area contributed by atoms with Crippen LogP contribution in [0.3, 0.4) is 0 Å². The normalized spacial score (nSPS) is 10.6. The van der Waals surface area contributed by atoms with Crippen molar-refractivity contribution in [1.82, 2.24) is 14.8 Å². The summed E-state index contributed by atoms with van der Waals surface area (Å²) in [6.45, 7) is 2.08. The van der Waals surface area contributed by atoms with E-state index in [9.17, 15) is 0 Å². The van der Waals surface area contributed by atoms with Gasteiger partial charge in [0, 0.05) is 5.75 Å². The molecular weight excluding hydrogens is 392 g/mol. The van der Waals surface area contributed by atoms with Crippen LogP contribution in [0.4, 0.5) is 0 Å². The Morgan fingerprint density at radius 1 is 0.967 bits per heavy atom. The number of ether oxygens (including phenoxy) is 1. The third-order valence-electron chi connectivity index (χ3n) is 4.79. The number of hydrogen-bond acceptors (Lipinski definition) is 5. The molecule has 3 aromatic carbocycles. The van der Waals surface area contributed by atoms with E-state index >= 15 is 0 Å². The van der Waals surface area contributed by atoms with Crippen LogP contribution in [0.15, 0.2) is 78.0 Å². The summed E-state index contributed by atoms with van der Waals surface area (Å²) in [7, 11) is 1.66. The first-order valence-electron chi connectivity index (χ1n) is 9.48.